The lowest BCUT2D eigenvalue weighted by Gasteiger charge is -2.25. The largest absolute Gasteiger partial charge is 0.390 e. The fourth-order valence-electron chi connectivity index (χ4n) is 5.17. The number of halogens is 1. The van der Waals surface area contributed by atoms with Crippen LogP contribution in [0.15, 0.2) is 89.8 Å². The van der Waals surface area contributed by atoms with Gasteiger partial charge in [-0.3, -0.25) is 9.59 Å². The molecular formula is C36H42IN3O3S. The Kier molecular flexibility index (Phi) is 13.1. The number of carbonyl (C=O) groups excluding carboxylic acids is 2. The minimum absolute atomic E-state index is 0.0605. The summed E-state index contributed by atoms with van der Waals surface area (Å²) in [6, 6.07) is 27.5. The molecule has 2 amide bonds. The first-order valence-corrected chi connectivity index (χ1v) is 17.3. The molecule has 0 saturated heterocycles. The number of aliphatic hydroxyl groups is 1. The second-order valence-corrected chi connectivity index (χ2v) is 13.4. The molecule has 2 atom stereocenters. The van der Waals surface area contributed by atoms with E-state index in [2.05, 4.69) is 89.5 Å². The summed E-state index contributed by atoms with van der Waals surface area (Å²) in [6.45, 7) is 8.30. The maximum atomic E-state index is 13.6. The van der Waals surface area contributed by atoms with Crippen molar-refractivity contribution in [1.82, 2.24) is 15.5 Å². The molecule has 3 N–H and O–H groups in total. The third-order valence-electron chi connectivity index (χ3n) is 7.36. The molecule has 0 radical (unpaired) electrons. The van der Waals surface area contributed by atoms with E-state index in [1.54, 1.807) is 23.9 Å². The quantitative estimate of drug-likeness (QED) is 0.0905. The molecular weight excluding hydrogens is 681 g/mol. The van der Waals surface area contributed by atoms with Gasteiger partial charge in [0.05, 0.1) is 12.1 Å². The predicted molar refractivity (Wildman–Crippen MR) is 190 cm³/mol. The van der Waals surface area contributed by atoms with Crippen molar-refractivity contribution in [3.63, 3.8) is 0 Å². The van der Waals surface area contributed by atoms with E-state index in [1.165, 1.54) is 5.39 Å². The second kappa shape index (κ2) is 17.0. The summed E-state index contributed by atoms with van der Waals surface area (Å²) < 4.78 is 1.16. The Morgan fingerprint density at radius 2 is 1.61 bits per heavy atom. The van der Waals surface area contributed by atoms with Crippen LogP contribution in [0.4, 0.5) is 0 Å². The zero-order valence-corrected chi connectivity index (χ0v) is 28.7. The molecule has 4 aromatic rings. The van der Waals surface area contributed by atoms with Crippen LogP contribution < -0.4 is 10.6 Å². The molecule has 0 aliphatic carbocycles. The predicted octanol–water partition coefficient (Wildman–Crippen LogP) is 7.06. The maximum absolute atomic E-state index is 13.6. The van der Waals surface area contributed by atoms with Gasteiger partial charge in [-0.05, 0) is 107 Å². The third-order valence-corrected chi connectivity index (χ3v) is 9.15. The fourth-order valence-corrected chi connectivity index (χ4v) is 6.83. The number of fused-ring (bicyclic) bond motifs is 1. The van der Waals surface area contributed by atoms with E-state index in [4.69, 9.17) is 0 Å². The van der Waals surface area contributed by atoms with Crippen LogP contribution in [0.1, 0.15) is 58.5 Å². The van der Waals surface area contributed by atoms with Gasteiger partial charge in [-0.2, -0.15) is 0 Å². The molecule has 4 aromatic carbocycles. The Morgan fingerprint density at radius 1 is 0.886 bits per heavy atom. The highest BCUT2D eigenvalue weighted by Crippen LogP contribution is 2.25. The first-order valence-electron chi connectivity index (χ1n) is 15.2. The molecule has 6 nitrogen and oxygen atoms in total. The maximum Gasteiger partial charge on any atom is 0.253 e. The Bertz CT molecular complexity index is 1560. The average Bonchev–Trinajstić information content (AvgIpc) is 3.02. The van der Waals surface area contributed by atoms with Gasteiger partial charge in [-0.25, -0.2) is 0 Å². The van der Waals surface area contributed by atoms with Crippen LogP contribution in [-0.2, 0) is 6.54 Å². The molecule has 232 valence electrons. The molecule has 0 spiro atoms. The molecule has 44 heavy (non-hydrogen) atoms. The number of benzene rings is 4. The fraction of sp³-hybridized carbons (Fsp3) is 0.333. The molecule has 0 aliphatic heterocycles. The van der Waals surface area contributed by atoms with Crippen LogP contribution >= 0.6 is 34.4 Å². The van der Waals surface area contributed by atoms with Crippen molar-refractivity contribution in [2.45, 2.75) is 57.2 Å². The van der Waals surface area contributed by atoms with E-state index in [0.29, 0.717) is 43.1 Å². The first kappa shape index (κ1) is 34.0. The van der Waals surface area contributed by atoms with Crippen LogP contribution in [0.25, 0.3) is 10.8 Å². The van der Waals surface area contributed by atoms with E-state index in [9.17, 15) is 14.7 Å². The van der Waals surface area contributed by atoms with Crippen LogP contribution in [-0.4, -0.2) is 59.4 Å². The summed E-state index contributed by atoms with van der Waals surface area (Å²) in [5, 5.41) is 20.1. The van der Waals surface area contributed by atoms with Crippen LogP contribution in [0.2, 0.25) is 0 Å². The van der Waals surface area contributed by atoms with Gasteiger partial charge >= 0.3 is 0 Å². The lowest BCUT2D eigenvalue weighted by Crippen LogP contribution is -2.49. The van der Waals surface area contributed by atoms with E-state index in [-0.39, 0.29) is 11.8 Å². The van der Waals surface area contributed by atoms with Crippen molar-refractivity contribution < 1.29 is 14.7 Å². The standard InChI is InChI=1S/C36H42IN3O3S/c1-4-15-40(16-5-2)36(43)30-18-25(3)17-29(20-30)35(42)39-33(34(41)23-38-22-26-9-8-12-31(37)19-26)24-44-32-14-13-27-10-6-7-11-28(27)21-32/h6-14,17-21,33-34,38,41H,4-5,15-16,22-24H2,1-3H3,(H,39,42)/t33-,34+/m0/s1. The number of amides is 2. The number of hydrogen-bond donors (Lipinski definition) is 3. The normalized spacial score (nSPS) is 12.6. The van der Waals surface area contributed by atoms with Crippen molar-refractivity contribution in [1.29, 1.82) is 0 Å². The molecule has 8 heteroatoms. The zero-order chi connectivity index (χ0) is 31.5. The lowest BCUT2D eigenvalue weighted by molar-refractivity contribution is 0.0755. The summed E-state index contributed by atoms with van der Waals surface area (Å²) in [6.07, 6.45) is 0.915. The number of thioether (sulfide) groups is 1. The molecule has 0 heterocycles. The summed E-state index contributed by atoms with van der Waals surface area (Å²) in [5.41, 5.74) is 2.91. The minimum Gasteiger partial charge on any atom is -0.390 e. The Morgan fingerprint density at radius 3 is 2.34 bits per heavy atom. The van der Waals surface area contributed by atoms with Gasteiger partial charge in [0.1, 0.15) is 0 Å². The molecule has 4 rings (SSSR count). The van der Waals surface area contributed by atoms with Gasteiger partial charge in [0.25, 0.3) is 11.8 Å². The molecule has 0 bridgehead atoms. The number of aryl methyl sites for hydroxylation is 1. The second-order valence-electron chi connectivity index (χ2n) is 11.1. The highest BCUT2D eigenvalue weighted by atomic mass is 127. The smallest absolute Gasteiger partial charge is 0.253 e. The molecule has 0 aromatic heterocycles. The van der Waals surface area contributed by atoms with Crippen molar-refractivity contribution in [3.8, 4) is 0 Å². The summed E-state index contributed by atoms with van der Waals surface area (Å²) >= 11 is 3.89. The van der Waals surface area contributed by atoms with Gasteiger partial charge in [-0.1, -0.05) is 56.3 Å². The first-order chi connectivity index (χ1) is 21.3. The minimum atomic E-state index is -0.829. The number of aliphatic hydroxyl groups excluding tert-OH is 1. The van der Waals surface area contributed by atoms with Crippen LogP contribution in [0.3, 0.4) is 0 Å². The van der Waals surface area contributed by atoms with E-state index >= 15 is 0 Å². The van der Waals surface area contributed by atoms with E-state index in [0.717, 1.165) is 37.8 Å². The van der Waals surface area contributed by atoms with Crippen molar-refractivity contribution in [2.75, 3.05) is 25.4 Å². The van der Waals surface area contributed by atoms with Crippen LogP contribution in [0.5, 0.6) is 0 Å². The third kappa shape index (κ3) is 9.79. The topological polar surface area (TPSA) is 81.7 Å². The van der Waals surface area contributed by atoms with Crippen molar-refractivity contribution >= 4 is 56.9 Å². The number of nitrogens with one attached hydrogen (secondary N) is 2. The monoisotopic (exact) mass is 723 g/mol. The number of carbonyl (C=O) groups is 2. The van der Waals surface area contributed by atoms with Gasteiger partial charge in [0.15, 0.2) is 0 Å². The Balaban J connectivity index is 1.50. The molecule has 0 unspecified atom stereocenters. The van der Waals surface area contributed by atoms with E-state index < -0.39 is 12.1 Å². The van der Waals surface area contributed by atoms with Gasteiger partial charge in [0, 0.05) is 51.5 Å². The molecule has 0 fully saturated rings. The lowest BCUT2D eigenvalue weighted by atomic mass is 10.0. The average molecular weight is 724 g/mol. The summed E-state index contributed by atoms with van der Waals surface area (Å²) in [5.74, 6) is 0.116. The van der Waals surface area contributed by atoms with Crippen LogP contribution in [0, 0.1) is 10.5 Å². The molecule has 0 saturated carbocycles. The van der Waals surface area contributed by atoms with Crippen molar-refractivity contribution in [3.05, 3.63) is 111 Å². The molecule has 0 aliphatic rings. The van der Waals surface area contributed by atoms with Gasteiger partial charge in [-0.15, -0.1) is 11.8 Å². The van der Waals surface area contributed by atoms with Crippen molar-refractivity contribution in [2.24, 2.45) is 0 Å². The Labute approximate surface area is 279 Å². The number of rotatable bonds is 15. The number of nitrogens with zero attached hydrogens (tertiary/aromatic N) is 1. The van der Waals surface area contributed by atoms with E-state index in [1.807, 2.05) is 42.2 Å². The zero-order valence-electron chi connectivity index (χ0n) is 25.7. The summed E-state index contributed by atoms with van der Waals surface area (Å²) in [7, 11) is 0. The van der Waals surface area contributed by atoms with Gasteiger partial charge < -0.3 is 20.6 Å². The highest BCUT2D eigenvalue weighted by Gasteiger charge is 2.24. The highest BCUT2D eigenvalue weighted by molar-refractivity contribution is 14.1. The SMILES string of the molecule is CCCN(CCC)C(=O)c1cc(C)cc(C(=O)N[C@@H](CSc2ccc3ccccc3c2)[C@H](O)CNCc2cccc(I)c2)c1. The number of hydrogen-bond acceptors (Lipinski definition) is 5. The van der Waals surface area contributed by atoms with Gasteiger partial charge in [0.2, 0.25) is 0 Å². The summed E-state index contributed by atoms with van der Waals surface area (Å²) in [4.78, 5) is 29.9. The Hall–Kier alpha value is -2.92.